The van der Waals surface area contributed by atoms with E-state index in [2.05, 4.69) is 40.5 Å². The molecule has 22 heavy (non-hydrogen) atoms. The molecule has 1 rings (SSSR count). The van der Waals surface area contributed by atoms with Crippen LogP contribution in [0.4, 0.5) is 0 Å². The van der Waals surface area contributed by atoms with Gasteiger partial charge in [0.1, 0.15) is 0 Å². The Kier molecular flexibility index (Phi) is 9.00. The number of allylic oxidation sites excluding steroid dienone is 1. The molecule has 0 bridgehead atoms. The molecule has 0 saturated heterocycles. The normalized spacial score (nSPS) is 14.0. The van der Waals surface area contributed by atoms with Crippen LogP contribution in [0.15, 0.2) is 12.8 Å². The van der Waals surface area contributed by atoms with Crippen LogP contribution in [0.3, 0.4) is 0 Å². The van der Waals surface area contributed by atoms with Gasteiger partial charge >= 0.3 is 0 Å². The lowest BCUT2D eigenvalue weighted by atomic mass is 9.81. The first-order valence-electron chi connectivity index (χ1n) is 9.21. The maximum absolute atomic E-state index is 4.79. The van der Waals surface area contributed by atoms with Crippen molar-refractivity contribution in [1.29, 1.82) is 0 Å². The van der Waals surface area contributed by atoms with Gasteiger partial charge in [-0.2, -0.15) is 0 Å². The summed E-state index contributed by atoms with van der Waals surface area (Å²) >= 11 is 1.89. The average Bonchev–Trinajstić information content (AvgIpc) is 2.98. The summed E-state index contributed by atoms with van der Waals surface area (Å²) in [5.74, 6) is 0. The molecule has 1 heterocycles. The third-order valence-corrected chi connectivity index (χ3v) is 5.99. The van der Waals surface area contributed by atoms with Crippen molar-refractivity contribution in [3.8, 4) is 0 Å². The second kappa shape index (κ2) is 10.2. The topological polar surface area (TPSA) is 12.9 Å². The number of thiazole rings is 1. The van der Waals surface area contributed by atoms with Crippen LogP contribution in [0.25, 0.3) is 5.57 Å². The van der Waals surface area contributed by atoms with Crippen molar-refractivity contribution < 1.29 is 0 Å². The van der Waals surface area contributed by atoms with Crippen molar-refractivity contribution in [3.05, 3.63) is 22.7 Å². The molecule has 1 aromatic heterocycles. The van der Waals surface area contributed by atoms with Gasteiger partial charge in [-0.05, 0) is 31.3 Å². The number of hydrogen-bond donors (Lipinski definition) is 0. The number of aromatic nitrogens is 1. The van der Waals surface area contributed by atoms with Gasteiger partial charge in [0.05, 0.1) is 5.01 Å². The van der Waals surface area contributed by atoms with Crippen LogP contribution in [0.5, 0.6) is 0 Å². The van der Waals surface area contributed by atoms with Crippen LogP contribution < -0.4 is 0 Å². The molecule has 1 aromatic rings. The summed E-state index contributed by atoms with van der Waals surface area (Å²) in [5.41, 5.74) is 1.54. The van der Waals surface area contributed by atoms with E-state index in [1.165, 1.54) is 73.2 Å². The van der Waals surface area contributed by atoms with Gasteiger partial charge in [0.25, 0.3) is 0 Å². The fourth-order valence-corrected chi connectivity index (χ4v) is 4.20. The molecular weight excluding hydrogens is 286 g/mol. The first kappa shape index (κ1) is 19.4. The maximum Gasteiger partial charge on any atom is 0.0990 e. The van der Waals surface area contributed by atoms with E-state index in [-0.39, 0.29) is 5.41 Å². The molecule has 0 saturated carbocycles. The Balaban J connectivity index is 2.73. The van der Waals surface area contributed by atoms with Gasteiger partial charge in [-0.3, -0.25) is 0 Å². The lowest BCUT2D eigenvalue weighted by Gasteiger charge is -2.27. The highest BCUT2D eigenvalue weighted by Crippen LogP contribution is 2.38. The third kappa shape index (κ3) is 5.87. The Hall–Kier alpha value is -0.630. The van der Waals surface area contributed by atoms with Gasteiger partial charge in [0.15, 0.2) is 0 Å². The summed E-state index contributed by atoms with van der Waals surface area (Å²) in [4.78, 5) is 6.10. The van der Waals surface area contributed by atoms with Crippen LogP contribution in [0.2, 0.25) is 0 Å². The maximum atomic E-state index is 4.79. The van der Waals surface area contributed by atoms with Crippen molar-refractivity contribution in [2.45, 2.75) is 97.3 Å². The molecule has 1 unspecified atom stereocenters. The minimum Gasteiger partial charge on any atom is -0.248 e. The lowest BCUT2D eigenvalue weighted by molar-refractivity contribution is 0.377. The number of unbranched alkanes of at least 4 members (excludes halogenated alkanes) is 4. The Bertz CT molecular complexity index is 435. The zero-order valence-electron chi connectivity index (χ0n) is 15.2. The standard InChI is InChI=1S/C20H35NS/c1-6-9-11-13-17(4)18-16-21-19(22-18)20(5,14-8-3)15-12-10-7-2/h16H,4,6-15H2,1-3,5H3. The molecule has 126 valence electrons. The molecule has 0 aliphatic rings. The van der Waals surface area contributed by atoms with Gasteiger partial charge in [-0.1, -0.05) is 72.8 Å². The average molecular weight is 322 g/mol. The second-order valence-electron chi connectivity index (χ2n) is 6.86. The summed E-state index contributed by atoms with van der Waals surface area (Å²) in [5, 5.41) is 1.33. The molecule has 0 aliphatic heterocycles. The quantitative estimate of drug-likeness (QED) is 0.366. The molecule has 0 amide bonds. The smallest absolute Gasteiger partial charge is 0.0990 e. The number of nitrogens with zero attached hydrogens (tertiary/aromatic N) is 1. The summed E-state index contributed by atoms with van der Waals surface area (Å²) < 4.78 is 0. The van der Waals surface area contributed by atoms with Gasteiger partial charge in [-0.15, -0.1) is 11.3 Å². The van der Waals surface area contributed by atoms with E-state index in [0.717, 1.165) is 6.42 Å². The molecule has 2 heteroatoms. The first-order valence-corrected chi connectivity index (χ1v) is 10.0. The van der Waals surface area contributed by atoms with Crippen molar-refractivity contribution in [2.75, 3.05) is 0 Å². The highest BCUT2D eigenvalue weighted by Gasteiger charge is 2.28. The van der Waals surface area contributed by atoms with E-state index >= 15 is 0 Å². The number of hydrogen-bond acceptors (Lipinski definition) is 2. The van der Waals surface area contributed by atoms with Crippen molar-refractivity contribution >= 4 is 16.9 Å². The van der Waals surface area contributed by atoms with Crippen molar-refractivity contribution in [2.24, 2.45) is 0 Å². The van der Waals surface area contributed by atoms with E-state index in [1.54, 1.807) is 0 Å². The Morgan fingerprint density at radius 1 is 1.05 bits per heavy atom. The lowest BCUT2D eigenvalue weighted by Crippen LogP contribution is -2.21. The van der Waals surface area contributed by atoms with E-state index in [1.807, 2.05) is 11.3 Å². The molecule has 1 nitrogen and oxygen atoms in total. The van der Waals surface area contributed by atoms with Crippen molar-refractivity contribution in [1.82, 2.24) is 4.98 Å². The molecule has 0 fully saturated rings. The van der Waals surface area contributed by atoms with Crippen LogP contribution in [0.1, 0.15) is 102 Å². The minimum atomic E-state index is 0.260. The number of rotatable bonds is 12. The SMILES string of the molecule is C=C(CCCCC)c1cnc(C(C)(CCC)CCCCC)s1. The molecule has 0 spiro atoms. The summed E-state index contributed by atoms with van der Waals surface area (Å²) in [6, 6.07) is 0. The van der Waals surface area contributed by atoms with E-state index in [4.69, 9.17) is 4.98 Å². The Morgan fingerprint density at radius 2 is 1.73 bits per heavy atom. The van der Waals surface area contributed by atoms with E-state index in [9.17, 15) is 0 Å². The molecule has 0 aromatic carbocycles. The zero-order valence-corrected chi connectivity index (χ0v) is 16.0. The van der Waals surface area contributed by atoms with Crippen LogP contribution >= 0.6 is 11.3 Å². The molecule has 0 N–H and O–H groups in total. The summed E-state index contributed by atoms with van der Waals surface area (Å²) in [6.07, 6.45) is 14.7. The van der Waals surface area contributed by atoms with Gasteiger partial charge in [-0.25, -0.2) is 4.98 Å². The van der Waals surface area contributed by atoms with E-state index < -0.39 is 0 Å². The first-order chi connectivity index (χ1) is 10.6. The van der Waals surface area contributed by atoms with Crippen LogP contribution in [-0.4, -0.2) is 4.98 Å². The van der Waals surface area contributed by atoms with Gasteiger partial charge in [0.2, 0.25) is 0 Å². The van der Waals surface area contributed by atoms with Gasteiger partial charge in [0, 0.05) is 16.5 Å². The van der Waals surface area contributed by atoms with E-state index in [0.29, 0.717) is 0 Å². The van der Waals surface area contributed by atoms with Gasteiger partial charge < -0.3 is 0 Å². The summed E-state index contributed by atoms with van der Waals surface area (Å²) in [6.45, 7) is 13.5. The third-order valence-electron chi connectivity index (χ3n) is 4.59. The largest absolute Gasteiger partial charge is 0.248 e. The van der Waals surface area contributed by atoms with Crippen molar-refractivity contribution in [3.63, 3.8) is 0 Å². The molecule has 0 radical (unpaired) electrons. The monoisotopic (exact) mass is 321 g/mol. The minimum absolute atomic E-state index is 0.260. The fraction of sp³-hybridized carbons (Fsp3) is 0.750. The Morgan fingerprint density at radius 3 is 2.36 bits per heavy atom. The van der Waals surface area contributed by atoms with Crippen LogP contribution in [-0.2, 0) is 5.41 Å². The molecule has 0 aliphatic carbocycles. The summed E-state index contributed by atoms with van der Waals surface area (Å²) in [7, 11) is 0. The molecule has 1 atom stereocenters. The Labute approximate surface area is 142 Å². The molecular formula is C20H35NS. The highest BCUT2D eigenvalue weighted by molar-refractivity contribution is 7.12. The predicted octanol–water partition coefficient (Wildman–Crippen LogP) is 7.37. The highest BCUT2D eigenvalue weighted by atomic mass is 32.1. The second-order valence-corrected chi connectivity index (χ2v) is 7.89. The zero-order chi connectivity index (χ0) is 16.4. The predicted molar refractivity (Wildman–Crippen MR) is 102 cm³/mol. The van der Waals surface area contributed by atoms with Crippen LogP contribution in [0, 0.1) is 0 Å². The fourth-order valence-electron chi connectivity index (χ4n) is 3.08.